The van der Waals surface area contributed by atoms with Crippen molar-refractivity contribution in [3.8, 4) is 12.3 Å². The molecule has 0 heterocycles. The fraction of sp³-hybridized carbons (Fsp3) is 0.273. The van der Waals surface area contributed by atoms with Gasteiger partial charge in [-0.2, -0.15) is 9.11 Å². The summed E-state index contributed by atoms with van der Waals surface area (Å²) < 4.78 is 39.3. The minimum atomic E-state index is -4.05. The Kier molecular flexibility index (Phi) is 3.93. The molecule has 8 heteroatoms. The first-order valence-corrected chi connectivity index (χ1v) is 6.53. The van der Waals surface area contributed by atoms with Gasteiger partial charge in [-0.15, -0.1) is 6.42 Å². The summed E-state index contributed by atoms with van der Waals surface area (Å²) in [7, 11) is -4.05. The largest absolute Gasteiger partial charge is 0.304 e. The summed E-state index contributed by atoms with van der Waals surface area (Å²) in [5.41, 5.74) is -1.95. The molecule has 1 aromatic carbocycles. The third-order valence-corrected chi connectivity index (χ3v) is 3.83. The van der Waals surface area contributed by atoms with Gasteiger partial charge in [0, 0.05) is 12.1 Å². The molecule has 1 aromatic rings. The van der Waals surface area contributed by atoms with Gasteiger partial charge in [-0.3, -0.25) is 10.1 Å². The maximum atomic E-state index is 13.4. The van der Waals surface area contributed by atoms with Crippen molar-refractivity contribution >= 4 is 15.7 Å². The van der Waals surface area contributed by atoms with Crippen LogP contribution in [0.4, 0.5) is 10.1 Å². The topological polar surface area (TPSA) is 89.3 Å². The molecule has 0 aliphatic heterocycles. The standard InChI is InChI=1S/C11H11FN2O4S/c1-4-11(2,3)13-19(17,18)8-5-6-10(14(15)16)9(12)7-8/h1,5-7,13H,2-3H3. The summed E-state index contributed by atoms with van der Waals surface area (Å²) in [4.78, 5) is 9.06. The summed E-state index contributed by atoms with van der Waals surface area (Å²) in [5, 5.41) is 10.4. The van der Waals surface area contributed by atoms with Crippen molar-refractivity contribution in [2.45, 2.75) is 24.3 Å². The monoisotopic (exact) mass is 286 g/mol. The SMILES string of the molecule is C#CC(C)(C)NS(=O)(=O)c1ccc([N+](=O)[O-])c(F)c1. The fourth-order valence-corrected chi connectivity index (χ4v) is 2.58. The first-order valence-electron chi connectivity index (χ1n) is 5.05. The number of terminal acetylenes is 1. The Morgan fingerprint density at radius 2 is 2.05 bits per heavy atom. The maximum Gasteiger partial charge on any atom is 0.304 e. The van der Waals surface area contributed by atoms with Crippen molar-refractivity contribution in [1.82, 2.24) is 4.72 Å². The fourth-order valence-electron chi connectivity index (χ4n) is 1.23. The van der Waals surface area contributed by atoms with Crippen molar-refractivity contribution in [2.75, 3.05) is 0 Å². The highest BCUT2D eigenvalue weighted by atomic mass is 32.2. The first-order chi connectivity index (χ1) is 8.59. The molecule has 0 aromatic heterocycles. The molecule has 1 N–H and O–H groups in total. The summed E-state index contributed by atoms with van der Waals surface area (Å²) >= 11 is 0. The second kappa shape index (κ2) is 4.95. The molecule has 0 spiro atoms. The zero-order valence-corrected chi connectivity index (χ0v) is 11.0. The number of nitro benzene ring substituents is 1. The molecule has 0 amide bonds. The normalized spacial score (nSPS) is 11.9. The third-order valence-electron chi connectivity index (χ3n) is 2.18. The van der Waals surface area contributed by atoms with Crippen LogP contribution in [0.15, 0.2) is 23.1 Å². The van der Waals surface area contributed by atoms with E-state index < -0.39 is 36.9 Å². The van der Waals surface area contributed by atoms with Crippen LogP contribution in [0.1, 0.15) is 13.8 Å². The predicted octanol–water partition coefficient (Wildman–Crippen LogP) is 1.42. The van der Waals surface area contributed by atoms with Gasteiger partial charge < -0.3 is 0 Å². The van der Waals surface area contributed by atoms with Crippen LogP contribution in [-0.2, 0) is 10.0 Å². The Bertz CT molecular complexity index is 662. The second-order valence-corrected chi connectivity index (χ2v) is 5.93. The summed E-state index contributed by atoms with van der Waals surface area (Å²) in [6.45, 7) is 2.90. The van der Waals surface area contributed by atoms with Crippen molar-refractivity contribution in [1.29, 1.82) is 0 Å². The Morgan fingerprint density at radius 1 is 1.47 bits per heavy atom. The molecule has 6 nitrogen and oxygen atoms in total. The average Bonchev–Trinajstić information content (AvgIpc) is 2.27. The maximum absolute atomic E-state index is 13.4. The van der Waals surface area contributed by atoms with E-state index in [1.165, 1.54) is 13.8 Å². The molecule has 0 saturated heterocycles. The minimum absolute atomic E-state index is 0.432. The number of halogens is 1. The molecule has 0 atom stereocenters. The van der Waals surface area contributed by atoms with Gasteiger partial charge in [-0.25, -0.2) is 8.42 Å². The number of nitro groups is 1. The van der Waals surface area contributed by atoms with E-state index >= 15 is 0 Å². The smallest absolute Gasteiger partial charge is 0.258 e. The van der Waals surface area contributed by atoms with Crippen molar-refractivity contribution in [2.24, 2.45) is 0 Å². The molecular formula is C11H11FN2O4S. The van der Waals surface area contributed by atoms with E-state index in [1.54, 1.807) is 0 Å². The number of nitrogens with zero attached hydrogens (tertiary/aromatic N) is 1. The first kappa shape index (κ1) is 15.1. The highest BCUT2D eigenvalue weighted by Gasteiger charge is 2.26. The Balaban J connectivity index is 3.22. The van der Waals surface area contributed by atoms with Crippen molar-refractivity contribution < 1.29 is 17.7 Å². The van der Waals surface area contributed by atoms with Gasteiger partial charge in [0.2, 0.25) is 15.8 Å². The minimum Gasteiger partial charge on any atom is -0.258 e. The average molecular weight is 286 g/mol. The van der Waals surface area contributed by atoms with E-state index in [2.05, 4.69) is 10.6 Å². The zero-order valence-electron chi connectivity index (χ0n) is 10.2. The molecule has 0 saturated carbocycles. The Morgan fingerprint density at radius 3 is 2.47 bits per heavy atom. The van der Waals surface area contributed by atoms with Crippen LogP contribution in [0.25, 0.3) is 0 Å². The third kappa shape index (κ3) is 3.49. The lowest BCUT2D eigenvalue weighted by Crippen LogP contribution is -2.41. The quantitative estimate of drug-likeness (QED) is 0.515. The predicted molar refractivity (Wildman–Crippen MR) is 66.3 cm³/mol. The summed E-state index contributed by atoms with van der Waals surface area (Å²) in [6.07, 6.45) is 5.14. The van der Waals surface area contributed by atoms with Gasteiger partial charge in [-0.05, 0) is 19.9 Å². The molecule has 0 aliphatic rings. The molecule has 102 valence electrons. The lowest BCUT2D eigenvalue weighted by Gasteiger charge is -2.19. The van der Waals surface area contributed by atoms with Gasteiger partial charge in [0.1, 0.15) is 0 Å². The van der Waals surface area contributed by atoms with Gasteiger partial charge in [0.25, 0.3) is 0 Å². The van der Waals surface area contributed by atoms with Crippen LogP contribution >= 0.6 is 0 Å². The molecule has 0 fully saturated rings. The van der Waals surface area contributed by atoms with E-state index in [0.29, 0.717) is 6.07 Å². The van der Waals surface area contributed by atoms with E-state index in [1.807, 2.05) is 0 Å². The molecule has 1 rings (SSSR count). The zero-order chi connectivity index (χ0) is 14.8. The van der Waals surface area contributed by atoms with Crippen molar-refractivity contribution in [3.05, 3.63) is 34.1 Å². The van der Waals surface area contributed by atoms with Crippen LogP contribution in [0.5, 0.6) is 0 Å². The number of benzene rings is 1. The summed E-state index contributed by atoms with van der Waals surface area (Å²) in [5.74, 6) is 0.989. The van der Waals surface area contributed by atoms with Gasteiger partial charge >= 0.3 is 5.69 Å². The van der Waals surface area contributed by atoms with Gasteiger partial charge in [0.15, 0.2) is 0 Å². The lowest BCUT2D eigenvalue weighted by molar-refractivity contribution is -0.387. The Hall–Kier alpha value is -1.98. The van der Waals surface area contributed by atoms with E-state index in [9.17, 15) is 22.9 Å². The number of nitrogens with one attached hydrogen (secondary N) is 1. The molecule has 0 aliphatic carbocycles. The van der Waals surface area contributed by atoms with Gasteiger partial charge in [-0.1, -0.05) is 5.92 Å². The van der Waals surface area contributed by atoms with E-state index in [4.69, 9.17) is 6.42 Å². The van der Waals surface area contributed by atoms with Crippen LogP contribution in [-0.4, -0.2) is 18.9 Å². The van der Waals surface area contributed by atoms with Crippen LogP contribution in [0.2, 0.25) is 0 Å². The second-order valence-electron chi connectivity index (χ2n) is 4.25. The Labute approximate surface area is 109 Å². The molecule has 0 radical (unpaired) electrons. The molecule has 0 unspecified atom stereocenters. The van der Waals surface area contributed by atoms with Gasteiger partial charge in [0.05, 0.1) is 15.4 Å². The molecule has 0 bridgehead atoms. The summed E-state index contributed by atoms with van der Waals surface area (Å²) in [6, 6.07) is 2.30. The van der Waals surface area contributed by atoms with Crippen LogP contribution in [0.3, 0.4) is 0 Å². The lowest BCUT2D eigenvalue weighted by atomic mass is 10.1. The van der Waals surface area contributed by atoms with Crippen LogP contribution in [0, 0.1) is 28.3 Å². The number of hydrogen-bond acceptors (Lipinski definition) is 4. The number of hydrogen-bond donors (Lipinski definition) is 1. The van der Waals surface area contributed by atoms with Crippen molar-refractivity contribution in [3.63, 3.8) is 0 Å². The highest BCUT2D eigenvalue weighted by molar-refractivity contribution is 7.89. The molecule has 19 heavy (non-hydrogen) atoms. The van der Waals surface area contributed by atoms with Crippen LogP contribution < -0.4 is 4.72 Å². The molecular weight excluding hydrogens is 275 g/mol. The number of rotatable bonds is 4. The van der Waals surface area contributed by atoms with E-state index in [0.717, 1.165) is 12.1 Å². The number of sulfonamides is 1. The van der Waals surface area contributed by atoms with E-state index in [-0.39, 0.29) is 0 Å². The highest BCUT2D eigenvalue weighted by Crippen LogP contribution is 2.21.